The topological polar surface area (TPSA) is 55.6 Å². The van der Waals surface area contributed by atoms with Gasteiger partial charge >= 0.3 is 0 Å². The first kappa shape index (κ1) is 13.5. The van der Waals surface area contributed by atoms with Crippen LogP contribution in [0.5, 0.6) is 0 Å². The van der Waals surface area contributed by atoms with Crippen molar-refractivity contribution in [3.05, 3.63) is 29.8 Å². The van der Waals surface area contributed by atoms with Crippen molar-refractivity contribution in [1.29, 1.82) is 0 Å². The number of nitrogens with zero attached hydrogens (tertiary/aromatic N) is 1. The quantitative estimate of drug-likeness (QED) is 0.603. The van der Waals surface area contributed by atoms with Crippen molar-refractivity contribution in [2.45, 2.75) is 19.9 Å². The van der Waals surface area contributed by atoms with E-state index in [2.05, 4.69) is 0 Å². The molecule has 1 rings (SSSR count). The summed E-state index contributed by atoms with van der Waals surface area (Å²) in [7, 11) is 1.80. The number of ether oxygens (including phenoxy) is 1. The average molecular weight is 236 g/mol. The Morgan fingerprint density at radius 3 is 2.59 bits per heavy atom. The average Bonchev–Trinajstić information content (AvgIpc) is 2.32. The third kappa shape index (κ3) is 4.87. The summed E-state index contributed by atoms with van der Waals surface area (Å²) < 4.78 is 5.16. The largest absolute Gasteiger partial charge is 0.399 e. The second-order valence-electron chi connectivity index (χ2n) is 3.94. The van der Waals surface area contributed by atoms with Crippen molar-refractivity contribution in [3.63, 3.8) is 0 Å². The molecule has 0 atom stereocenters. The Morgan fingerprint density at radius 2 is 2.00 bits per heavy atom. The van der Waals surface area contributed by atoms with Crippen LogP contribution in [0.25, 0.3) is 0 Å². The van der Waals surface area contributed by atoms with Gasteiger partial charge in [-0.3, -0.25) is 4.79 Å². The van der Waals surface area contributed by atoms with Crippen molar-refractivity contribution in [2.75, 3.05) is 26.0 Å². The van der Waals surface area contributed by atoms with Crippen LogP contribution in [-0.2, 0) is 16.1 Å². The van der Waals surface area contributed by atoms with Crippen LogP contribution in [0, 0.1) is 0 Å². The Kier molecular flexibility index (Phi) is 5.49. The van der Waals surface area contributed by atoms with Crippen LogP contribution in [0.3, 0.4) is 0 Å². The van der Waals surface area contributed by atoms with Gasteiger partial charge in [0.25, 0.3) is 0 Å². The van der Waals surface area contributed by atoms with E-state index in [0.29, 0.717) is 26.2 Å². The van der Waals surface area contributed by atoms with Gasteiger partial charge in [-0.2, -0.15) is 0 Å². The van der Waals surface area contributed by atoms with E-state index in [4.69, 9.17) is 10.5 Å². The first-order valence-electron chi connectivity index (χ1n) is 5.79. The van der Waals surface area contributed by atoms with Gasteiger partial charge in [0, 0.05) is 25.9 Å². The summed E-state index contributed by atoms with van der Waals surface area (Å²) in [6, 6.07) is 7.55. The van der Waals surface area contributed by atoms with Crippen LogP contribution >= 0.6 is 0 Å². The smallest absolute Gasteiger partial charge is 0.224 e. The Bertz CT molecular complexity index is 349. The van der Waals surface area contributed by atoms with Crippen molar-refractivity contribution >= 4 is 11.6 Å². The molecule has 0 saturated carbocycles. The van der Waals surface area contributed by atoms with Crippen LogP contribution in [0.15, 0.2) is 24.3 Å². The van der Waals surface area contributed by atoms with Crippen LogP contribution in [0.1, 0.15) is 18.9 Å². The maximum absolute atomic E-state index is 11.7. The molecule has 0 saturated heterocycles. The lowest BCUT2D eigenvalue weighted by Crippen LogP contribution is -2.27. The molecule has 1 aromatic carbocycles. The summed E-state index contributed by atoms with van der Waals surface area (Å²) in [6.07, 6.45) is 0.430. The molecular weight excluding hydrogens is 216 g/mol. The molecule has 0 bridgehead atoms. The van der Waals surface area contributed by atoms with Crippen molar-refractivity contribution in [3.8, 4) is 0 Å². The third-order valence-corrected chi connectivity index (χ3v) is 2.49. The van der Waals surface area contributed by atoms with Crippen LogP contribution in [0.4, 0.5) is 5.69 Å². The Hall–Kier alpha value is -1.55. The highest BCUT2D eigenvalue weighted by Gasteiger charge is 2.08. The van der Waals surface area contributed by atoms with Crippen LogP contribution in [0.2, 0.25) is 0 Å². The van der Waals surface area contributed by atoms with Crippen molar-refractivity contribution in [2.24, 2.45) is 0 Å². The molecule has 4 nitrogen and oxygen atoms in total. The number of anilines is 1. The Balaban J connectivity index is 2.40. The summed E-state index contributed by atoms with van der Waals surface area (Å²) in [6.45, 7) is 3.66. The standard InChI is InChI=1S/C13H20N2O2/c1-3-17-9-8-13(16)15(2)10-11-4-6-12(14)7-5-11/h4-7H,3,8-10,14H2,1-2H3. The van der Waals surface area contributed by atoms with Gasteiger partial charge in [0.05, 0.1) is 13.0 Å². The number of carbonyl (C=O) groups excluding carboxylic acids is 1. The number of carbonyl (C=O) groups is 1. The van der Waals surface area contributed by atoms with E-state index in [-0.39, 0.29) is 5.91 Å². The lowest BCUT2D eigenvalue weighted by molar-refractivity contribution is -0.131. The number of amides is 1. The molecule has 0 aliphatic rings. The van der Waals surface area contributed by atoms with Crippen molar-refractivity contribution < 1.29 is 9.53 Å². The van der Waals surface area contributed by atoms with E-state index in [0.717, 1.165) is 11.3 Å². The lowest BCUT2D eigenvalue weighted by Gasteiger charge is -2.17. The minimum atomic E-state index is 0.0928. The second kappa shape index (κ2) is 6.91. The zero-order valence-corrected chi connectivity index (χ0v) is 10.5. The van der Waals surface area contributed by atoms with Crippen LogP contribution < -0.4 is 5.73 Å². The molecule has 0 spiro atoms. The molecule has 1 aromatic rings. The summed E-state index contributed by atoms with van der Waals surface area (Å²) in [5.41, 5.74) is 7.41. The van der Waals surface area contributed by atoms with E-state index >= 15 is 0 Å². The highest BCUT2D eigenvalue weighted by atomic mass is 16.5. The first-order valence-corrected chi connectivity index (χ1v) is 5.79. The highest BCUT2D eigenvalue weighted by molar-refractivity contribution is 5.75. The molecule has 0 fully saturated rings. The summed E-state index contributed by atoms with van der Waals surface area (Å²) in [5.74, 6) is 0.0928. The zero-order chi connectivity index (χ0) is 12.7. The van der Waals surface area contributed by atoms with E-state index in [1.165, 1.54) is 0 Å². The van der Waals surface area contributed by atoms with Gasteiger partial charge in [-0.15, -0.1) is 0 Å². The van der Waals surface area contributed by atoms with Gasteiger partial charge in [0.2, 0.25) is 5.91 Å². The second-order valence-corrected chi connectivity index (χ2v) is 3.94. The zero-order valence-electron chi connectivity index (χ0n) is 10.5. The summed E-state index contributed by atoms with van der Waals surface area (Å²) >= 11 is 0. The van der Waals surface area contributed by atoms with Gasteiger partial charge < -0.3 is 15.4 Å². The molecule has 0 aliphatic heterocycles. The molecule has 94 valence electrons. The van der Waals surface area contributed by atoms with E-state index in [9.17, 15) is 4.79 Å². The van der Waals surface area contributed by atoms with Crippen molar-refractivity contribution in [1.82, 2.24) is 4.90 Å². The Morgan fingerprint density at radius 1 is 1.35 bits per heavy atom. The number of nitrogens with two attached hydrogens (primary N) is 1. The lowest BCUT2D eigenvalue weighted by atomic mass is 10.2. The molecule has 0 heterocycles. The monoisotopic (exact) mass is 236 g/mol. The molecule has 4 heteroatoms. The third-order valence-electron chi connectivity index (χ3n) is 2.49. The number of benzene rings is 1. The normalized spacial score (nSPS) is 10.2. The molecule has 0 radical (unpaired) electrons. The predicted octanol–water partition coefficient (Wildman–Crippen LogP) is 1.65. The molecule has 2 N–H and O–H groups in total. The number of nitrogen functional groups attached to an aromatic ring is 1. The number of rotatable bonds is 6. The van der Waals surface area contributed by atoms with Gasteiger partial charge in [0.1, 0.15) is 0 Å². The summed E-state index contributed by atoms with van der Waals surface area (Å²) in [4.78, 5) is 13.4. The van der Waals surface area contributed by atoms with Gasteiger partial charge in [-0.25, -0.2) is 0 Å². The highest BCUT2D eigenvalue weighted by Crippen LogP contribution is 2.08. The van der Waals surface area contributed by atoms with Gasteiger partial charge in [0.15, 0.2) is 0 Å². The SMILES string of the molecule is CCOCCC(=O)N(C)Cc1ccc(N)cc1. The fourth-order valence-corrected chi connectivity index (χ4v) is 1.48. The molecule has 17 heavy (non-hydrogen) atoms. The molecule has 1 amide bonds. The minimum absolute atomic E-state index is 0.0928. The predicted molar refractivity (Wildman–Crippen MR) is 68.4 cm³/mol. The number of hydrogen-bond acceptors (Lipinski definition) is 3. The minimum Gasteiger partial charge on any atom is -0.399 e. The van der Waals surface area contributed by atoms with E-state index < -0.39 is 0 Å². The van der Waals surface area contributed by atoms with E-state index in [1.54, 1.807) is 11.9 Å². The first-order chi connectivity index (χ1) is 8.13. The molecule has 0 aliphatic carbocycles. The maximum atomic E-state index is 11.7. The Labute approximate surface area is 102 Å². The molecule has 0 unspecified atom stereocenters. The van der Waals surface area contributed by atoms with Crippen LogP contribution in [-0.4, -0.2) is 31.1 Å². The van der Waals surface area contributed by atoms with Gasteiger partial charge in [-0.1, -0.05) is 12.1 Å². The molecular formula is C13H20N2O2. The van der Waals surface area contributed by atoms with Gasteiger partial charge in [-0.05, 0) is 24.6 Å². The fourth-order valence-electron chi connectivity index (χ4n) is 1.48. The summed E-state index contributed by atoms with van der Waals surface area (Å²) in [5, 5.41) is 0. The maximum Gasteiger partial charge on any atom is 0.224 e. The fraction of sp³-hybridized carbons (Fsp3) is 0.462. The molecule has 0 aromatic heterocycles. The van der Waals surface area contributed by atoms with E-state index in [1.807, 2.05) is 31.2 Å². The number of hydrogen-bond donors (Lipinski definition) is 1.